The van der Waals surface area contributed by atoms with E-state index in [0.29, 0.717) is 34.5 Å². The molecule has 3 aromatic rings. The first-order valence-corrected chi connectivity index (χ1v) is 15.1. The van der Waals surface area contributed by atoms with Crippen LogP contribution in [0.2, 0.25) is 0 Å². The van der Waals surface area contributed by atoms with Gasteiger partial charge in [0.15, 0.2) is 0 Å². The van der Waals surface area contributed by atoms with Gasteiger partial charge in [0, 0.05) is 17.2 Å². The maximum absolute atomic E-state index is 13.4. The number of benzene rings is 1. The molecule has 2 aliphatic carbocycles. The van der Waals surface area contributed by atoms with E-state index in [1.807, 2.05) is 38.1 Å². The fourth-order valence-corrected chi connectivity index (χ4v) is 5.25. The zero-order valence-electron chi connectivity index (χ0n) is 25.4. The van der Waals surface area contributed by atoms with Crippen LogP contribution in [-0.2, 0) is 16.1 Å². The van der Waals surface area contributed by atoms with Crippen LogP contribution in [0.3, 0.4) is 0 Å². The number of esters is 1. The maximum atomic E-state index is 13.4. The monoisotopic (exact) mass is 591 g/mol. The number of hydrogen-bond acceptors (Lipinski definition) is 8. The molecule has 2 saturated carbocycles. The maximum Gasteiger partial charge on any atom is 0.328 e. The van der Waals surface area contributed by atoms with E-state index in [4.69, 9.17) is 9.15 Å². The summed E-state index contributed by atoms with van der Waals surface area (Å²) in [5.41, 5.74) is 0.829. The number of rotatable bonds is 13. The second-order valence-electron chi connectivity index (χ2n) is 12.6. The molecule has 11 heteroatoms. The predicted molar refractivity (Wildman–Crippen MR) is 159 cm³/mol. The third kappa shape index (κ3) is 7.51. The van der Waals surface area contributed by atoms with Crippen molar-refractivity contribution >= 4 is 17.8 Å². The van der Waals surface area contributed by atoms with Crippen LogP contribution in [0, 0.1) is 17.8 Å². The number of nitrogens with one attached hydrogen (secondary N) is 2. The number of carbonyl (C=O) groups excluding carboxylic acids is 3. The van der Waals surface area contributed by atoms with Gasteiger partial charge in [0.25, 0.3) is 11.8 Å². The van der Waals surface area contributed by atoms with Crippen molar-refractivity contribution < 1.29 is 28.6 Å². The molecular weight excluding hydrogens is 550 g/mol. The second kappa shape index (κ2) is 12.3. The van der Waals surface area contributed by atoms with E-state index in [0.717, 1.165) is 25.7 Å². The van der Waals surface area contributed by atoms with Crippen LogP contribution in [-0.4, -0.2) is 61.9 Å². The van der Waals surface area contributed by atoms with Crippen molar-refractivity contribution in [2.24, 2.45) is 17.8 Å². The lowest BCUT2D eigenvalue weighted by Gasteiger charge is -2.22. The van der Waals surface area contributed by atoms with Gasteiger partial charge in [-0.25, -0.2) is 9.78 Å². The van der Waals surface area contributed by atoms with Gasteiger partial charge in [-0.05, 0) is 82.4 Å². The normalized spacial score (nSPS) is 15.9. The zero-order valence-corrected chi connectivity index (χ0v) is 25.4. The molecule has 2 aliphatic rings. The molecule has 2 aromatic heterocycles. The van der Waals surface area contributed by atoms with E-state index in [9.17, 15) is 19.5 Å². The van der Waals surface area contributed by atoms with Gasteiger partial charge in [-0.15, -0.1) is 0 Å². The average Bonchev–Trinajstić information content (AvgIpc) is 3.88. The van der Waals surface area contributed by atoms with Gasteiger partial charge in [-0.3, -0.25) is 14.3 Å². The summed E-state index contributed by atoms with van der Waals surface area (Å²) in [5.74, 6) is 0.131. The molecule has 0 unspecified atom stereocenters. The number of aliphatic hydroxyl groups is 1. The van der Waals surface area contributed by atoms with Crippen LogP contribution >= 0.6 is 0 Å². The summed E-state index contributed by atoms with van der Waals surface area (Å²) in [6.45, 7) is 8.85. The van der Waals surface area contributed by atoms with Crippen molar-refractivity contribution in [2.75, 3.05) is 6.61 Å². The third-order valence-electron chi connectivity index (χ3n) is 7.74. The molecule has 2 fully saturated rings. The molecule has 0 bridgehead atoms. The van der Waals surface area contributed by atoms with Gasteiger partial charge in [-0.2, -0.15) is 5.10 Å². The molecule has 0 aliphatic heterocycles. The third-order valence-corrected chi connectivity index (χ3v) is 7.74. The highest BCUT2D eigenvalue weighted by molar-refractivity contribution is 5.96. The first-order valence-electron chi connectivity index (χ1n) is 15.1. The van der Waals surface area contributed by atoms with Crippen LogP contribution in [0.4, 0.5) is 0 Å². The Kier molecular flexibility index (Phi) is 8.73. The number of aromatic nitrogens is 3. The quantitative estimate of drug-likeness (QED) is 0.250. The molecule has 5 rings (SSSR count). The van der Waals surface area contributed by atoms with Gasteiger partial charge in [0.2, 0.25) is 11.7 Å². The minimum Gasteiger partial charge on any atom is -0.464 e. The largest absolute Gasteiger partial charge is 0.464 e. The standard InChI is InChI=1S/C32H41N5O6/c1-6-42-31(40)26(18(2)3)34-28(38)24-15-23(36-37(24)17-32(4,5)41)21-8-7-9-22(14-21)30-33-16-25(43-30)29(39)35-27(19-10-11-19)20-12-13-20/h7-9,14-16,18-20,26-27,41H,6,10-13,17H2,1-5H3,(H,34,38)(H,35,39)/t26-/m0/s1. The molecule has 1 atom stereocenters. The molecule has 11 nitrogen and oxygen atoms in total. The fraction of sp³-hybridized carbons (Fsp3) is 0.531. The van der Waals surface area contributed by atoms with Crippen molar-refractivity contribution in [3.05, 3.63) is 48.0 Å². The van der Waals surface area contributed by atoms with Crippen molar-refractivity contribution in [1.29, 1.82) is 0 Å². The SMILES string of the molecule is CCOC(=O)[C@@H](NC(=O)c1cc(-c2cccc(-c3ncc(C(=O)NC(C4CC4)C4CC4)o3)c2)nn1CC(C)(C)O)C(C)C. The summed E-state index contributed by atoms with van der Waals surface area (Å²) in [6, 6.07) is 8.28. The number of hydrogen-bond donors (Lipinski definition) is 3. The lowest BCUT2D eigenvalue weighted by atomic mass is 10.0. The minimum absolute atomic E-state index is 0.0438. The summed E-state index contributed by atoms with van der Waals surface area (Å²) in [4.78, 5) is 43.2. The van der Waals surface area contributed by atoms with Crippen molar-refractivity contribution in [3.8, 4) is 22.7 Å². The van der Waals surface area contributed by atoms with Crippen LogP contribution < -0.4 is 10.6 Å². The van der Waals surface area contributed by atoms with Gasteiger partial charge in [-0.1, -0.05) is 26.0 Å². The highest BCUT2D eigenvalue weighted by Gasteiger charge is 2.42. The van der Waals surface area contributed by atoms with Crippen LogP contribution in [0.15, 0.2) is 40.9 Å². The Morgan fingerprint density at radius 1 is 1.07 bits per heavy atom. The predicted octanol–water partition coefficient (Wildman–Crippen LogP) is 4.21. The Morgan fingerprint density at radius 2 is 1.74 bits per heavy atom. The molecular formula is C32H41N5O6. The van der Waals surface area contributed by atoms with E-state index in [2.05, 4.69) is 20.7 Å². The van der Waals surface area contributed by atoms with Crippen molar-refractivity contribution in [1.82, 2.24) is 25.4 Å². The number of carbonyl (C=O) groups is 3. The highest BCUT2D eigenvalue weighted by atomic mass is 16.5. The van der Waals surface area contributed by atoms with E-state index in [-0.39, 0.29) is 42.5 Å². The van der Waals surface area contributed by atoms with E-state index < -0.39 is 23.5 Å². The lowest BCUT2D eigenvalue weighted by molar-refractivity contribution is -0.146. The van der Waals surface area contributed by atoms with E-state index in [1.54, 1.807) is 26.8 Å². The summed E-state index contributed by atoms with van der Waals surface area (Å²) in [7, 11) is 0. The molecule has 2 amide bonds. The molecule has 0 spiro atoms. The average molecular weight is 592 g/mol. The van der Waals surface area contributed by atoms with E-state index in [1.165, 1.54) is 10.9 Å². The molecule has 1 aromatic carbocycles. The Hall–Kier alpha value is -3.99. The Morgan fingerprint density at radius 3 is 2.35 bits per heavy atom. The summed E-state index contributed by atoms with van der Waals surface area (Å²) in [6.07, 6.45) is 6.09. The molecule has 2 heterocycles. The van der Waals surface area contributed by atoms with Crippen LogP contribution in [0.1, 0.15) is 81.3 Å². The highest BCUT2D eigenvalue weighted by Crippen LogP contribution is 2.44. The van der Waals surface area contributed by atoms with Gasteiger partial charge < -0.3 is 24.9 Å². The number of oxazole rings is 1. The van der Waals surface area contributed by atoms with Gasteiger partial charge >= 0.3 is 5.97 Å². The summed E-state index contributed by atoms with van der Waals surface area (Å²) < 4.78 is 12.5. The molecule has 3 N–H and O–H groups in total. The van der Waals surface area contributed by atoms with E-state index >= 15 is 0 Å². The zero-order chi connectivity index (χ0) is 30.9. The van der Waals surface area contributed by atoms with Crippen LogP contribution in [0.25, 0.3) is 22.7 Å². The van der Waals surface area contributed by atoms with Crippen molar-refractivity contribution in [2.45, 2.75) is 84.5 Å². The van der Waals surface area contributed by atoms with Gasteiger partial charge in [0.05, 0.1) is 30.6 Å². The molecule has 0 saturated heterocycles. The molecule has 230 valence electrons. The molecule has 43 heavy (non-hydrogen) atoms. The summed E-state index contributed by atoms with van der Waals surface area (Å²) in [5, 5.41) is 21.1. The van der Waals surface area contributed by atoms with Crippen LogP contribution in [0.5, 0.6) is 0 Å². The number of amides is 2. The number of nitrogens with zero attached hydrogens (tertiary/aromatic N) is 3. The van der Waals surface area contributed by atoms with Gasteiger partial charge in [0.1, 0.15) is 11.7 Å². The first kappa shape index (κ1) is 30.5. The minimum atomic E-state index is -1.16. The molecule has 0 radical (unpaired) electrons. The Balaban J connectivity index is 1.38. The Labute approximate surface area is 251 Å². The smallest absolute Gasteiger partial charge is 0.328 e. The van der Waals surface area contributed by atoms with Crippen molar-refractivity contribution in [3.63, 3.8) is 0 Å². The summed E-state index contributed by atoms with van der Waals surface area (Å²) >= 11 is 0. The lowest BCUT2D eigenvalue weighted by Crippen LogP contribution is -2.46. The number of ether oxygens (including phenoxy) is 1. The fourth-order valence-electron chi connectivity index (χ4n) is 5.25. The topological polar surface area (TPSA) is 149 Å². The first-order chi connectivity index (χ1) is 20.4. The Bertz CT molecular complexity index is 1470. The second-order valence-corrected chi connectivity index (χ2v) is 12.6.